The normalized spacial score (nSPS) is 14.1. The molecule has 0 atom stereocenters. The number of nitrogens with zero attached hydrogens (tertiary/aromatic N) is 4. The zero-order valence-corrected chi connectivity index (χ0v) is 81.7. The van der Waals surface area contributed by atoms with Gasteiger partial charge in [0.25, 0.3) is 0 Å². The Bertz CT molecular complexity index is 10300. The van der Waals surface area contributed by atoms with Gasteiger partial charge in [-0.15, -0.1) is 0 Å². The smallest absolute Gasteiger partial charge is 0.0623 e. The van der Waals surface area contributed by atoms with Gasteiger partial charge in [0, 0.05) is 91.7 Å². The monoisotopic (exact) mass is 1840 g/mol. The van der Waals surface area contributed by atoms with Crippen LogP contribution in [0.2, 0.25) is 0 Å². The molecular formula is C140H100N4. The van der Waals surface area contributed by atoms with Gasteiger partial charge < -0.3 is 18.3 Å². The van der Waals surface area contributed by atoms with Gasteiger partial charge in [0.15, 0.2) is 0 Å². The minimum absolute atomic E-state index is 0.0230. The minimum atomic E-state index is -0.120. The molecule has 4 heterocycles. The van der Waals surface area contributed by atoms with Crippen molar-refractivity contribution in [3.8, 4) is 67.3 Å². The van der Waals surface area contributed by atoms with Gasteiger partial charge >= 0.3 is 0 Å². The summed E-state index contributed by atoms with van der Waals surface area (Å²) in [6.07, 6.45) is 0. The summed E-state index contributed by atoms with van der Waals surface area (Å²) in [5, 5.41) is 31.3. The van der Waals surface area contributed by atoms with E-state index in [1.54, 1.807) is 0 Å². The highest BCUT2D eigenvalue weighted by Crippen LogP contribution is 2.61. The second-order valence-corrected chi connectivity index (χ2v) is 42.3. The van der Waals surface area contributed by atoms with Crippen LogP contribution in [0.5, 0.6) is 0 Å². The first-order valence-corrected chi connectivity index (χ1v) is 50.9. The van der Waals surface area contributed by atoms with Gasteiger partial charge in [0.2, 0.25) is 0 Å². The van der Waals surface area contributed by atoms with Crippen LogP contribution in [0.1, 0.15) is 99.9 Å². The fraction of sp³-hybridized carbons (Fsp3) is 0.0857. The van der Waals surface area contributed by atoms with E-state index >= 15 is 0 Å². The van der Waals surface area contributed by atoms with E-state index in [1.807, 2.05) is 0 Å². The molecule has 144 heavy (non-hydrogen) atoms. The molecule has 0 bridgehead atoms. The van der Waals surface area contributed by atoms with E-state index in [9.17, 15) is 0 Å². The second-order valence-electron chi connectivity index (χ2n) is 42.3. The average Bonchev–Trinajstić information content (AvgIpc) is 1.53. The van der Waals surface area contributed by atoms with Gasteiger partial charge in [0.1, 0.15) is 0 Å². The molecule has 4 nitrogen and oxygen atoms in total. The summed E-state index contributed by atoms with van der Waals surface area (Å²) in [5.74, 6) is 0. The quantitative estimate of drug-likeness (QED) is 0.167. The molecule has 4 aliphatic rings. The Balaban J connectivity index is 0.0000000913. The van der Waals surface area contributed by atoms with E-state index in [0.29, 0.717) is 0 Å². The lowest BCUT2D eigenvalue weighted by atomic mass is 9.79. The molecular weight excluding hydrogens is 1740 g/mol. The lowest BCUT2D eigenvalue weighted by molar-refractivity contribution is 0.661. The molecule has 0 aliphatic heterocycles. The Morgan fingerprint density at radius 2 is 0.493 bits per heavy atom. The first-order valence-electron chi connectivity index (χ1n) is 50.9. The molecule has 0 spiro atoms. The molecule has 4 aromatic heterocycles. The molecule has 0 fully saturated rings. The number of para-hydroxylation sites is 2. The van der Waals surface area contributed by atoms with Crippen LogP contribution < -0.4 is 0 Å². The summed E-state index contributed by atoms with van der Waals surface area (Å²) in [7, 11) is 0. The summed E-state index contributed by atoms with van der Waals surface area (Å²) in [6, 6.07) is 170. The zero-order valence-electron chi connectivity index (χ0n) is 81.7. The van der Waals surface area contributed by atoms with Gasteiger partial charge in [-0.25, -0.2) is 0 Å². The van der Waals surface area contributed by atoms with Crippen molar-refractivity contribution >= 4 is 173 Å². The highest BCUT2D eigenvalue weighted by molar-refractivity contribution is 6.30. The van der Waals surface area contributed by atoms with Crippen molar-refractivity contribution in [2.45, 2.75) is 77.0 Å². The third-order valence-electron chi connectivity index (χ3n) is 33.3. The Labute approximate surface area is 835 Å². The van der Waals surface area contributed by atoms with Gasteiger partial charge in [0.05, 0.1) is 66.9 Å². The fourth-order valence-electron chi connectivity index (χ4n) is 27.0. The lowest BCUT2D eigenvalue weighted by Gasteiger charge is -2.24. The Morgan fingerprint density at radius 3 is 1.03 bits per heavy atom. The van der Waals surface area contributed by atoms with Crippen LogP contribution in [0.3, 0.4) is 0 Å². The number of fused-ring (bicyclic) bond motifs is 40. The molecule has 0 unspecified atom stereocenters. The Morgan fingerprint density at radius 1 is 0.146 bits per heavy atom. The standard InChI is InChI=1S/4C35H25N/c1-35(2)29-16-8-7-15-26(29)27-19-20-28-32-25-14-6-4-11-23(25)18-21-31(32)36(34(28)33(27)35)30-17-9-12-22-10-3-5-13-24(22)30;1-35(2)28-19-9-7-17-26(28)31-24-15-5-6-16-25(24)34-32(33(31)35)27-18-8-10-20-30(27)36(34)29-21-11-13-22-12-3-4-14-23(22)29;1-35(2)28-19-9-7-17-26(28)31-24-15-5-6-16-25(24)32-27-18-8-10-20-30(27)36(34(32)33(31)35)29-21-11-13-22-12-3-4-14-23(22)29;1-35(2)30-16-8-7-15-26(30)27-21-34-29(20-31(27)35)28-18-23-11-3-4-12-24(23)19-33(28)36(34)32-17-9-13-22-10-5-6-14-25(22)32/h4*3-21H,1-2H3. The van der Waals surface area contributed by atoms with Crippen LogP contribution in [0, 0.1) is 0 Å². The summed E-state index contributed by atoms with van der Waals surface area (Å²) in [5.41, 5.74) is 37.2. The molecule has 680 valence electrons. The Hall–Kier alpha value is -17.4. The van der Waals surface area contributed by atoms with Crippen molar-refractivity contribution in [1.82, 2.24) is 18.3 Å². The molecule has 0 amide bonds. The van der Waals surface area contributed by atoms with Crippen LogP contribution in [-0.4, -0.2) is 18.3 Å². The summed E-state index contributed by atoms with van der Waals surface area (Å²) >= 11 is 0. The fourth-order valence-corrected chi connectivity index (χ4v) is 27.0. The van der Waals surface area contributed by atoms with Crippen LogP contribution in [0.15, 0.2) is 461 Å². The summed E-state index contributed by atoms with van der Waals surface area (Å²) in [4.78, 5) is 0. The van der Waals surface area contributed by atoms with Gasteiger partial charge in [-0.1, -0.05) is 450 Å². The third-order valence-corrected chi connectivity index (χ3v) is 33.3. The van der Waals surface area contributed by atoms with Crippen molar-refractivity contribution in [2.75, 3.05) is 0 Å². The van der Waals surface area contributed by atoms with E-state index in [1.165, 1.54) is 285 Å². The van der Waals surface area contributed by atoms with E-state index in [0.717, 1.165) is 0 Å². The molecule has 32 rings (SSSR count). The van der Waals surface area contributed by atoms with E-state index in [2.05, 4.69) is 535 Å². The third kappa shape index (κ3) is 11.7. The van der Waals surface area contributed by atoms with Crippen molar-refractivity contribution in [2.24, 2.45) is 0 Å². The summed E-state index contributed by atoms with van der Waals surface area (Å²) < 4.78 is 10.1. The molecule has 0 radical (unpaired) electrons. The topological polar surface area (TPSA) is 19.7 Å². The Kier molecular flexibility index (Phi) is 18.0. The molecule has 28 aromatic rings. The highest BCUT2D eigenvalue weighted by atomic mass is 15.0. The van der Waals surface area contributed by atoms with E-state index in [4.69, 9.17) is 0 Å². The SMILES string of the molecule is CC1(C)c2ccccc2-c2c1c1c(c3ccccc23)c2ccccc2n1-c1cccc2ccccc12.CC1(C)c2ccccc2-c2c1c1c3ccccc3n(-c3cccc4ccccc34)c1c1ccccc21.CC1(C)c2ccccc2-c2cc3c(cc21)c1cc2ccccc2cc1n3-c1cccc2ccccc12.CC1(C)c2ccccc2-c2ccc3c4c5ccccc5ccc4n(-c4cccc5ccccc45)c3c21. The minimum Gasteiger partial charge on any atom is -0.309 e. The molecule has 0 saturated heterocycles. The lowest BCUT2D eigenvalue weighted by Crippen LogP contribution is -2.16. The van der Waals surface area contributed by atoms with Crippen molar-refractivity contribution < 1.29 is 0 Å². The van der Waals surface area contributed by atoms with Crippen molar-refractivity contribution in [1.29, 1.82) is 0 Å². The first kappa shape index (κ1) is 83.5. The molecule has 0 N–H and O–H groups in total. The van der Waals surface area contributed by atoms with Crippen LogP contribution in [0.25, 0.3) is 241 Å². The van der Waals surface area contributed by atoms with Crippen molar-refractivity contribution in [3.63, 3.8) is 0 Å². The largest absolute Gasteiger partial charge is 0.309 e. The van der Waals surface area contributed by atoms with Gasteiger partial charge in [-0.2, -0.15) is 0 Å². The predicted molar refractivity (Wildman–Crippen MR) is 613 cm³/mol. The van der Waals surface area contributed by atoms with Gasteiger partial charge in [-0.05, 0) is 215 Å². The number of aromatic nitrogens is 4. The van der Waals surface area contributed by atoms with Crippen molar-refractivity contribution in [3.05, 3.63) is 506 Å². The average molecular weight is 1840 g/mol. The second kappa shape index (κ2) is 31.0. The maximum atomic E-state index is 2.55. The summed E-state index contributed by atoms with van der Waals surface area (Å²) in [6.45, 7) is 19.1. The number of benzene rings is 24. The molecule has 4 aliphatic carbocycles. The number of hydrogen-bond donors (Lipinski definition) is 0. The molecule has 4 heteroatoms. The number of hydrogen-bond acceptors (Lipinski definition) is 0. The number of rotatable bonds is 4. The highest BCUT2D eigenvalue weighted by Gasteiger charge is 2.45. The predicted octanol–water partition coefficient (Wildman–Crippen LogP) is 37.6. The van der Waals surface area contributed by atoms with Crippen LogP contribution >= 0.6 is 0 Å². The van der Waals surface area contributed by atoms with Gasteiger partial charge in [-0.3, -0.25) is 0 Å². The molecule has 0 saturated carbocycles. The first-order chi connectivity index (χ1) is 70.6. The van der Waals surface area contributed by atoms with E-state index < -0.39 is 0 Å². The molecule has 24 aromatic carbocycles. The van der Waals surface area contributed by atoms with Crippen LogP contribution in [-0.2, 0) is 21.7 Å². The maximum absolute atomic E-state index is 2.55. The van der Waals surface area contributed by atoms with Crippen LogP contribution in [0.4, 0.5) is 0 Å². The van der Waals surface area contributed by atoms with E-state index in [-0.39, 0.29) is 21.7 Å². The maximum Gasteiger partial charge on any atom is 0.0623 e. The zero-order chi connectivity index (χ0) is 96.1.